The normalized spacial score (nSPS) is 15.0. The van der Waals surface area contributed by atoms with Gasteiger partial charge in [-0.2, -0.15) is 15.2 Å². The standard InChI is InChI=1S/C10H8ClN5/c11-10-15-8-7(5(3-12)4-13-8)9(16-10)14-6-1-2-6/h4,6H,1-2H2,(H2,13,14,15,16). The van der Waals surface area contributed by atoms with Crippen molar-refractivity contribution in [2.45, 2.75) is 18.9 Å². The number of fused-ring (bicyclic) bond motifs is 1. The van der Waals surface area contributed by atoms with Crippen LogP contribution < -0.4 is 5.32 Å². The van der Waals surface area contributed by atoms with Crippen LogP contribution >= 0.6 is 11.6 Å². The minimum atomic E-state index is 0.182. The van der Waals surface area contributed by atoms with Gasteiger partial charge in [0.15, 0.2) is 0 Å². The number of aromatic nitrogens is 3. The lowest BCUT2D eigenvalue weighted by atomic mass is 10.2. The van der Waals surface area contributed by atoms with E-state index in [1.165, 1.54) is 0 Å². The lowest BCUT2D eigenvalue weighted by molar-refractivity contribution is 1.10. The van der Waals surface area contributed by atoms with Crippen molar-refractivity contribution in [1.29, 1.82) is 5.26 Å². The number of anilines is 1. The molecule has 0 aromatic carbocycles. The van der Waals surface area contributed by atoms with Crippen LogP contribution in [0.15, 0.2) is 6.20 Å². The topological polar surface area (TPSA) is 77.4 Å². The zero-order chi connectivity index (χ0) is 11.1. The van der Waals surface area contributed by atoms with Gasteiger partial charge in [-0.05, 0) is 24.4 Å². The first-order chi connectivity index (χ1) is 7.78. The lowest BCUT2D eigenvalue weighted by Gasteiger charge is -2.05. The maximum atomic E-state index is 8.98. The summed E-state index contributed by atoms with van der Waals surface area (Å²) in [6, 6.07) is 2.56. The maximum Gasteiger partial charge on any atom is 0.226 e. The summed E-state index contributed by atoms with van der Waals surface area (Å²) in [5.74, 6) is 0.648. The van der Waals surface area contributed by atoms with E-state index in [2.05, 4.69) is 26.3 Å². The fraction of sp³-hybridized carbons (Fsp3) is 0.300. The Morgan fingerprint density at radius 2 is 2.31 bits per heavy atom. The van der Waals surface area contributed by atoms with Gasteiger partial charge in [0, 0.05) is 12.2 Å². The number of nitrogens with one attached hydrogen (secondary N) is 2. The molecule has 2 aromatic heterocycles. The molecule has 2 N–H and O–H groups in total. The minimum absolute atomic E-state index is 0.182. The van der Waals surface area contributed by atoms with Gasteiger partial charge in [0.25, 0.3) is 0 Å². The van der Waals surface area contributed by atoms with Gasteiger partial charge in [-0.15, -0.1) is 0 Å². The van der Waals surface area contributed by atoms with Crippen LogP contribution in [-0.2, 0) is 0 Å². The Hall–Kier alpha value is -1.80. The smallest absolute Gasteiger partial charge is 0.226 e. The van der Waals surface area contributed by atoms with Crippen LogP contribution in [0.25, 0.3) is 11.0 Å². The van der Waals surface area contributed by atoms with Crippen molar-refractivity contribution in [3.63, 3.8) is 0 Å². The van der Waals surface area contributed by atoms with Crippen molar-refractivity contribution in [3.05, 3.63) is 17.0 Å². The second-order valence-corrected chi connectivity index (χ2v) is 4.14. The molecule has 0 spiro atoms. The Morgan fingerprint density at radius 1 is 1.50 bits per heavy atom. The Bertz CT molecular complexity index is 593. The van der Waals surface area contributed by atoms with E-state index in [4.69, 9.17) is 16.9 Å². The SMILES string of the molecule is N#Cc1c[nH]c2nc(Cl)nc(NC3CC3)c12. The Kier molecular flexibility index (Phi) is 1.98. The Balaban J connectivity index is 2.21. The summed E-state index contributed by atoms with van der Waals surface area (Å²) in [5, 5.41) is 13.1. The summed E-state index contributed by atoms with van der Waals surface area (Å²) in [4.78, 5) is 11.1. The molecule has 1 fully saturated rings. The van der Waals surface area contributed by atoms with Gasteiger partial charge < -0.3 is 10.3 Å². The van der Waals surface area contributed by atoms with E-state index in [-0.39, 0.29) is 5.28 Å². The molecule has 80 valence electrons. The molecule has 6 heteroatoms. The van der Waals surface area contributed by atoms with Crippen molar-refractivity contribution in [3.8, 4) is 6.07 Å². The summed E-state index contributed by atoms with van der Waals surface area (Å²) in [5.41, 5.74) is 1.13. The molecule has 2 heterocycles. The van der Waals surface area contributed by atoms with E-state index in [0.717, 1.165) is 18.2 Å². The number of hydrogen-bond acceptors (Lipinski definition) is 4. The molecule has 1 aliphatic rings. The average Bonchev–Trinajstić information content (AvgIpc) is 2.96. The van der Waals surface area contributed by atoms with Gasteiger partial charge in [0.2, 0.25) is 5.28 Å². The number of halogens is 1. The zero-order valence-electron chi connectivity index (χ0n) is 8.29. The fourth-order valence-corrected chi connectivity index (χ4v) is 1.79. The van der Waals surface area contributed by atoms with Crippen molar-refractivity contribution in [1.82, 2.24) is 15.0 Å². The number of aromatic amines is 1. The van der Waals surface area contributed by atoms with E-state index in [9.17, 15) is 0 Å². The summed E-state index contributed by atoms with van der Waals surface area (Å²) in [6.07, 6.45) is 3.89. The molecule has 0 radical (unpaired) electrons. The van der Waals surface area contributed by atoms with Gasteiger partial charge in [0.05, 0.1) is 10.9 Å². The Morgan fingerprint density at radius 3 is 3.00 bits per heavy atom. The third kappa shape index (κ3) is 1.48. The molecule has 0 unspecified atom stereocenters. The van der Waals surface area contributed by atoms with E-state index >= 15 is 0 Å². The van der Waals surface area contributed by atoms with Gasteiger partial charge in [-0.25, -0.2) is 0 Å². The highest BCUT2D eigenvalue weighted by molar-refractivity contribution is 6.28. The van der Waals surface area contributed by atoms with Crippen molar-refractivity contribution in [2.24, 2.45) is 0 Å². The third-order valence-corrected chi connectivity index (χ3v) is 2.71. The maximum absolute atomic E-state index is 8.98. The zero-order valence-corrected chi connectivity index (χ0v) is 9.04. The van der Waals surface area contributed by atoms with Crippen LogP contribution in [0.2, 0.25) is 5.28 Å². The monoisotopic (exact) mass is 233 g/mol. The third-order valence-electron chi connectivity index (χ3n) is 2.54. The fourth-order valence-electron chi connectivity index (χ4n) is 1.62. The minimum Gasteiger partial charge on any atom is -0.367 e. The second-order valence-electron chi connectivity index (χ2n) is 3.80. The predicted octanol–water partition coefficient (Wildman–Crippen LogP) is 2.06. The quantitative estimate of drug-likeness (QED) is 0.779. The molecule has 0 amide bonds. The molecule has 16 heavy (non-hydrogen) atoms. The van der Waals surface area contributed by atoms with Crippen LogP contribution in [0.5, 0.6) is 0 Å². The molecule has 0 bridgehead atoms. The molecule has 0 saturated heterocycles. The van der Waals surface area contributed by atoms with Crippen molar-refractivity contribution >= 4 is 28.5 Å². The number of H-pyrrole nitrogens is 1. The molecule has 0 atom stereocenters. The second kappa shape index (κ2) is 3.35. The summed E-state index contributed by atoms with van der Waals surface area (Å²) >= 11 is 5.82. The summed E-state index contributed by atoms with van der Waals surface area (Å²) in [7, 11) is 0. The van der Waals surface area contributed by atoms with E-state index in [1.54, 1.807) is 6.20 Å². The molecule has 1 aliphatic carbocycles. The number of rotatable bonds is 2. The van der Waals surface area contributed by atoms with Crippen LogP contribution in [0.1, 0.15) is 18.4 Å². The van der Waals surface area contributed by atoms with Gasteiger partial charge in [-0.1, -0.05) is 0 Å². The van der Waals surface area contributed by atoms with E-state index in [1.807, 2.05) is 0 Å². The summed E-state index contributed by atoms with van der Waals surface area (Å²) < 4.78 is 0. The molecule has 2 aromatic rings. The number of nitrogens with zero attached hydrogens (tertiary/aromatic N) is 3. The van der Waals surface area contributed by atoms with Crippen LogP contribution in [0.4, 0.5) is 5.82 Å². The molecular formula is C10H8ClN5. The van der Waals surface area contributed by atoms with E-state index < -0.39 is 0 Å². The first-order valence-corrected chi connectivity index (χ1v) is 5.37. The summed E-state index contributed by atoms with van der Waals surface area (Å²) in [6.45, 7) is 0. The van der Waals surface area contributed by atoms with Crippen LogP contribution in [-0.4, -0.2) is 21.0 Å². The number of nitriles is 1. The number of hydrogen-bond donors (Lipinski definition) is 2. The highest BCUT2D eigenvalue weighted by Gasteiger charge is 2.23. The first kappa shape index (κ1) is 9.43. The van der Waals surface area contributed by atoms with Crippen LogP contribution in [0.3, 0.4) is 0 Å². The predicted molar refractivity (Wildman–Crippen MR) is 60.3 cm³/mol. The van der Waals surface area contributed by atoms with Crippen molar-refractivity contribution < 1.29 is 0 Å². The average molecular weight is 234 g/mol. The molecule has 3 rings (SSSR count). The van der Waals surface area contributed by atoms with Crippen LogP contribution in [0, 0.1) is 11.3 Å². The highest BCUT2D eigenvalue weighted by Crippen LogP contribution is 2.30. The molecular weight excluding hydrogens is 226 g/mol. The van der Waals surface area contributed by atoms with Crippen molar-refractivity contribution in [2.75, 3.05) is 5.32 Å². The van der Waals surface area contributed by atoms with Gasteiger partial charge in [0.1, 0.15) is 17.5 Å². The molecule has 1 saturated carbocycles. The highest BCUT2D eigenvalue weighted by atomic mass is 35.5. The largest absolute Gasteiger partial charge is 0.367 e. The molecule has 5 nitrogen and oxygen atoms in total. The first-order valence-electron chi connectivity index (χ1n) is 4.99. The van der Waals surface area contributed by atoms with Gasteiger partial charge >= 0.3 is 0 Å². The lowest BCUT2D eigenvalue weighted by Crippen LogP contribution is -2.04. The Labute approximate surface area is 96.5 Å². The molecule has 0 aliphatic heterocycles. The van der Waals surface area contributed by atoms with Gasteiger partial charge in [-0.3, -0.25) is 0 Å². The van der Waals surface area contributed by atoms with E-state index in [0.29, 0.717) is 23.1 Å².